The Morgan fingerprint density at radius 2 is 1.58 bits per heavy atom. The Morgan fingerprint density at radius 3 is 2.17 bits per heavy atom. The molecule has 5 heteroatoms. The van der Waals surface area contributed by atoms with Crippen LogP contribution in [-0.4, -0.2) is 60.9 Å². The minimum Gasteiger partial charge on any atom is -0.352 e. The summed E-state index contributed by atoms with van der Waals surface area (Å²) in [5.74, 6) is -0.0117. The summed E-state index contributed by atoms with van der Waals surface area (Å²) in [5.41, 5.74) is 1.27. The molecule has 24 heavy (non-hydrogen) atoms. The average Bonchev–Trinajstić information content (AvgIpc) is 2.64. The van der Waals surface area contributed by atoms with Crippen LogP contribution in [0.15, 0.2) is 24.3 Å². The highest BCUT2D eigenvalue weighted by Gasteiger charge is 2.21. The number of amides is 2. The number of carbonyl (C=O) groups is 2. The van der Waals surface area contributed by atoms with Crippen molar-refractivity contribution in [3.8, 4) is 0 Å². The maximum Gasteiger partial charge on any atom is 0.253 e. The highest BCUT2D eigenvalue weighted by molar-refractivity contribution is 5.97. The third-order valence-electron chi connectivity index (χ3n) is 4.57. The molecule has 1 fully saturated rings. The number of nitrogens with zero attached hydrogens (tertiary/aromatic N) is 2. The number of carbonyl (C=O) groups excluding carboxylic acids is 2. The van der Waals surface area contributed by atoms with Crippen LogP contribution < -0.4 is 5.32 Å². The van der Waals surface area contributed by atoms with Crippen LogP contribution in [0.2, 0.25) is 0 Å². The summed E-state index contributed by atoms with van der Waals surface area (Å²) in [4.78, 5) is 28.8. The van der Waals surface area contributed by atoms with E-state index in [9.17, 15) is 9.59 Å². The molecule has 1 aromatic carbocycles. The van der Waals surface area contributed by atoms with E-state index in [-0.39, 0.29) is 11.8 Å². The number of piperazine rings is 1. The monoisotopic (exact) mass is 331 g/mol. The molecule has 0 bridgehead atoms. The third kappa shape index (κ3) is 5.06. The van der Waals surface area contributed by atoms with Crippen molar-refractivity contribution in [1.29, 1.82) is 0 Å². The van der Waals surface area contributed by atoms with Gasteiger partial charge >= 0.3 is 0 Å². The van der Waals surface area contributed by atoms with Gasteiger partial charge in [-0.2, -0.15) is 0 Å². The zero-order valence-electron chi connectivity index (χ0n) is 14.9. The van der Waals surface area contributed by atoms with Gasteiger partial charge in [-0.05, 0) is 37.2 Å². The van der Waals surface area contributed by atoms with Gasteiger partial charge in [0.15, 0.2) is 0 Å². The molecule has 0 saturated carbocycles. The summed E-state index contributed by atoms with van der Waals surface area (Å²) in [6.45, 7) is 9.42. The van der Waals surface area contributed by atoms with E-state index in [1.165, 1.54) is 0 Å². The quantitative estimate of drug-likeness (QED) is 0.781. The summed E-state index contributed by atoms with van der Waals surface area (Å²) in [6, 6.07) is 7.00. The van der Waals surface area contributed by atoms with Crippen LogP contribution in [0.3, 0.4) is 0 Å². The Bertz CT molecular complexity index is 534. The fourth-order valence-electron chi connectivity index (χ4n) is 2.89. The maximum absolute atomic E-state index is 12.5. The van der Waals surface area contributed by atoms with Gasteiger partial charge in [0, 0.05) is 43.9 Å². The molecule has 0 spiro atoms. The number of nitrogens with one attached hydrogen (secondary N) is 1. The fourth-order valence-corrected chi connectivity index (χ4v) is 2.89. The Balaban J connectivity index is 1.87. The Hall–Kier alpha value is -1.88. The lowest BCUT2D eigenvalue weighted by atomic mass is 10.1. The summed E-state index contributed by atoms with van der Waals surface area (Å²) in [5, 5.41) is 2.92. The molecule has 1 heterocycles. The van der Waals surface area contributed by atoms with E-state index in [1.54, 1.807) is 24.3 Å². The van der Waals surface area contributed by atoms with Gasteiger partial charge in [-0.15, -0.1) is 0 Å². The first kappa shape index (κ1) is 18.5. The minimum atomic E-state index is -0.0679. The number of benzene rings is 1. The van der Waals surface area contributed by atoms with Crippen molar-refractivity contribution < 1.29 is 9.59 Å². The van der Waals surface area contributed by atoms with Crippen molar-refractivity contribution in [2.75, 3.05) is 39.3 Å². The molecular weight excluding hydrogens is 302 g/mol. The van der Waals surface area contributed by atoms with Gasteiger partial charge in [-0.3, -0.25) is 9.59 Å². The largest absolute Gasteiger partial charge is 0.352 e. The Labute approximate surface area is 145 Å². The van der Waals surface area contributed by atoms with Crippen molar-refractivity contribution in [2.45, 2.75) is 33.1 Å². The lowest BCUT2D eigenvalue weighted by Crippen LogP contribution is -2.48. The lowest BCUT2D eigenvalue weighted by molar-refractivity contribution is 0.0643. The van der Waals surface area contributed by atoms with Gasteiger partial charge < -0.3 is 15.1 Å². The van der Waals surface area contributed by atoms with E-state index in [1.807, 2.05) is 4.90 Å². The van der Waals surface area contributed by atoms with Crippen LogP contribution in [0.1, 0.15) is 53.8 Å². The number of likely N-dealkylation sites (N-methyl/N-ethyl adjacent to an activating group) is 1. The molecule has 2 amide bonds. The van der Waals surface area contributed by atoms with Gasteiger partial charge in [0.2, 0.25) is 0 Å². The van der Waals surface area contributed by atoms with Crippen LogP contribution in [-0.2, 0) is 0 Å². The van der Waals surface area contributed by atoms with Crippen LogP contribution in [0.5, 0.6) is 0 Å². The predicted molar refractivity (Wildman–Crippen MR) is 96.3 cm³/mol. The van der Waals surface area contributed by atoms with E-state index in [4.69, 9.17) is 0 Å². The molecule has 0 aliphatic carbocycles. The highest BCUT2D eigenvalue weighted by atomic mass is 16.2. The topological polar surface area (TPSA) is 52.7 Å². The van der Waals surface area contributed by atoms with Gasteiger partial charge in [-0.25, -0.2) is 0 Å². The first-order valence-electron chi connectivity index (χ1n) is 9.05. The maximum atomic E-state index is 12.5. The fraction of sp³-hybridized carbons (Fsp3) is 0.579. The molecule has 1 aliphatic heterocycles. The molecular formula is C19H29N3O2. The van der Waals surface area contributed by atoms with Gasteiger partial charge in [0.05, 0.1) is 0 Å². The molecule has 1 aliphatic rings. The van der Waals surface area contributed by atoms with Gasteiger partial charge in [0.25, 0.3) is 11.8 Å². The summed E-state index contributed by atoms with van der Waals surface area (Å²) < 4.78 is 0. The Morgan fingerprint density at radius 1 is 0.958 bits per heavy atom. The molecule has 132 valence electrons. The number of unbranched alkanes of at least 4 members (excludes halogenated alkanes) is 2. The number of rotatable bonds is 7. The first-order valence-corrected chi connectivity index (χ1v) is 9.05. The predicted octanol–water partition coefficient (Wildman–Crippen LogP) is 2.38. The summed E-state index contributed by atoms with van der Waals surface area (Å²) >= 11 is 0. The van der Waals surface area contributed by atoms with Crippen molar-refractivity contribution in [2.24, 2.45) is 0 Å². The zero-order chi connectivity index (χ0) is 17.4. The van der Waals surface area contributed by atoms with E-state index >= 15 is 0 Å². The molecule has 0 radical (unpaired) electrons. The lowest BCUT2D eigenvalue weighted by Gasteiger charge is -2.34. The van der Waals surface area contributed by atoms with E-state index in [0.717, 1.165) is 52.0 Å². The van der Waals surface area contributed by atoms with E-state index in [0.29, 0.717) is 17.7 Å². The van der Waals surface area contributed by atoms with Crippen molar-refractivity contribution in [3.63, 3.8) is 0 Å². The average molecular weight is 331 g/mol. The smallest absolute Gasteiger partial charge is 0.253 e. The van der Waals surface area contributed by atoms with Crippen LogP contribution in [0, 0.1) is 0 Å². The SMILES string of the molecule is CCCCCNC(=O)c1ccc(C(=O)N2CCN(CC)CC2)cc1. The first-order chi connectivity index (χ1) is 11.7. The molecule has 0 unspecified atom stereocenters. The standard InChI is InChI=1S/C19H29N3O2/c1-3-5-6-11-20-18(23)16-7-9-17(10-8-16)19(24)22-14-12-21(4-2)13-15-22/h7-10H,3-6,11-15H2,1-2H3,(H,20,23). The van der Waals surface area contributed by atoms with E-state index in [2.05, 4.69) is 24.1 Å². The summed E-state index contributed by atoms with van der Waals surface area (Å²) in [6.07, 6.45) is 3.26. The molecule has 0 aromatic heterocycles. The number of hydrogen-bond acceptors (Lipinski definition) is 3. The molecule has 0 atom stereocenters. The highest BCUT2D eigenvalue weighted by Crippen LogP contribution is 2.10. The second-order valence-electron chi connectivity index (χ2n) is 6.27. The van der Waals surface area contributed by atoms with Crippen LogP contribution in [0.4, 0.5) is 0 Å². The van der Waals surface area contributed by atoms with Gasteiger partial charge in [0.1, 0.15) is 0 Å². The normalized spacial score (nSPS) is 15.3. The van der Waals surface area contributed by atoms with Crippen molar-refractivity contribution in [3.05, 3.63) is 35.4 Å². The third-order valence-corrected chi connectivity index (χ3v) is 4.57. The molecule has 5 nitrogen and oxygen atoms in total. The zero-order valence-corrected chi connectivity index (χ0v) is 14.9. The van der Waals surface area contributed by atoms with Crippen molar-refractivity contribution >= 4 is 11.8 Å². The number of hydrogen-bond donors (Lipinski definition) is 1. The van der Waals surface area contributed by atoms with Crippen LogP contribution >= 0.6 is 0 Å². The van der Waals surface area contributed by atoms with Gasteiger partial charge in [-0.1, -0.05) is 26.7 Å². The minimum absolute atomic E-state index is 0.0562. The molecule has 1 aromatic rings. The molecule has 1 N–H and O–H groups in total. The van der Waals surface area contributed by atoms with E-state index < -0.39 is 0 Å². The second kappa shape index (κ2) is 9.42. The van der Waals surface area contributed by atoms with Crippen molar-refractivity contribution in [1.82, 2.24) is 15.1 Å². The van der Waals surface area contributed by atoms with Crippen LogP contribution in [0.25, 0.3) is 0 Å². The molecule has 2 rings (SSSR count). The second-order valence-corrected chi connectivity index (χ2v) is 6.27. The molecule has 1 saturated heterocycles. The Kier molecular flexibility index (Phi) is 7.25. The summed E-state index contributed by atoms with van der Waals surface area (Å²) in [7, 11) is 0.